The number of anilines is 1. The summed E-state index contributed by atoms with van der Waals surface area (Å²) in [5.41, 5.74) is 1.86. The highest BCUT2D eigenvalue weighted by molar-refractivity contribution is 7.80. The molecule has 0 atom stereocenters. The summed E-state index contributed by atoms with van der Waals surface area (Å²) in [5, 5.41) is 16.3. The van der Waals surface area contributed by atoms with E-state index in [0.717, 1.165) is 36.3 Å². The van der Waals surface area contributed by atoms with Crippen molar-refractivity contribution in [3.05, 3.63) is 59.7 Å². The normalized spacial score (nSPS) is 16.8. The van der Waals surface area contributed by atoms with Crippen LogP contribution in [0.1, 0.15) is 30.4 Å². The number of thiocarbonyl (C=S) groups is 1. The summed E-state index contributed by atoms with van der Waals surface area (Å²) in [6.07, 6.45) is 2.55. The molecule has 1 N–H and O–H groups in total. The molecule has 4 rings (SSSR count). The van der Waals surface area contributed by atoms with Gasteiger partial charge in [-0.15, -0.1) is 0 Å². The van der Waals surface area contributed by atoms with Crippen molar-refractivity contribution in [2.24, 2.45) is 0 Å². The minimum absolute atomic E-state index is 0.0927. The molecule has 1 aliphatic carbocycles. The zero-order valence-electron chi connectivity index (χ0n) is 16.2. The summed E-state index contributed by atoms with van der Waals surface area (Å²) >= 11 is 5.59. The van der Waals surface area contributed by atoms with Gasteiger partial charge >= 0.3 is 0 Å². The van der Waals surface area contributed by atoms with Gasteiger partial charge in [-0.05, 0) is 67.4 Å². The molecule has 29 heavy (non-hydrogen) atoms. The molecule has 0 spiro atoms. The first kappa shape index (κ1) is 19.2. The third kappa shape index (κ3) is 3.64. The first-order valence-electron chi connectivity index (χ1n) is 9.62. The molecule has 0 unspecified atom stereocenters. The number of amides is 1. The van der Waals surface area contributed by atoms with Crippen LogP contribution in [-0.2, 0) is 10.2 Å². The van der Waals surface area contributed by atoms with E-state index >= 15 is 0 Å². The fourth-order valence-electron chi connectivity index (χ4n) is 3.80. The topological polar surface area (TPSA) is 68.6 Å². The van der Waals surface area contributed by atoms with Gasteiger partial charge in [-0.25, -0.2) is 0 Å². The maximum atomic E-state index is 13.5. The highest BCUT2D eigenvalue weighted by atomic mass is 32.1. The highest BCUT2D eigenvalue weighted by Crippen LogP contribution is 2.50. The van der Waals surface area contributed by atoms with Gasteiger partial charge in [0.25, 0.3) is 5.91 Å². The standard InChI is InChI=1S/C22H22N4O2S/c1-28-19-8-6-17(7-9-19)22(10-11-22)20(27)25-12-3-13-26(25)21(29)24-18-5-2-4-16(14-18)15-23/h2,4-9,14H,3,10-13H2,1H3,(H,24,29). The van der Waals surface area contributed by atoms with Gasteiger partial charge in [0, 0.05) is 18.8 Å². The van der Waals surface area contributed by atoms with E-state index in [1.54, 1.807) is 30.3 Å². The molecule has 1 amide bonds. The predicted octanol–water partition coefficient (Wildman–Crippen LogP) is 3.44. The molecule has 148 valence electrons. The van der Waals surface area contributed by atoms with E-state index < -0.39 is 5.41 Å². The van der Waals surface area contributed by atoms with Crippen LogP contribution < -0.4 is 10.1 Å². The molecular formula is C22H22N4O2S. The van der Waals surface area contributed by atoms with Gasteiger partial charge in [-0.2, -0.15) is 5.26 Å². The molecule has 1 heterocycles. The van der Waals surface area contributed by atoms with Crippen LogP contribution in [0.4, 0.5) is 5.69 Å². The van der Waals surface area contributed by atoms with E-state index in [4.69, 9.17) is 22.2 Å². The average molecular weight is 407 g/mol. The summed E-state index contributed by atoms with van der Waals surface area (Å²) in [5.74, 6) is 0.875. The van der Waals surface area contributed by atoms with E-state index in [-0.39, 0.29) is 5.91 Å². The van der Waals surface area contributed by atoms with E-state index in [2.05, 4.69) is 11.4 Å². The number of nitriles is 1. The lowest BCUT2D eigenvalue weighted by Crippen LogP contribution is -2.50. The third-order valence-electron chi connectivity index (χ3n) is 5.55. The Morgan fingerprint density at radius 1 is 1.17 bits per heavy atom. The minimum atomic E-state index is -0.467. The summed E-state index contributed by atoms with van der Waals surface area (Å²) in [4.78, 5) is 13.5. The number of carbonyl (C=O) groups excluding carboxylic acids is 1. The Morgan fingerprint density at radius 2 is 1.90 bits per heavy atom. The molecule has 1 aliphatic heterocycles. The van der Waals surface area contributed by atoms with Crippen LogP contribution in [0.5, 0.6) is 5.75 Å². The molecule has 7 heteroatoms. The molecule has 0 aromatic heterocycles. The highest BCUT2D eigenvalue weighted by Gasteiger charge is 2.54. The number of methoxy groups -OCH3 is 1. The third-order valence-corrected chi connectivity index (χ3v) is 5.86. The van der Waals surface area contributed by atoms with E-state index in [1.807, 2.05) is 35.3 Å². The van der Waals surface area contributed by atoms with Gasteiger partial charge in [0.15, 0.2) is 5.11 Å². The lowest BCUT2D eigenvalue weighted by atomic mass is 9.94. The summed E-state index contributed by atoms with van der Waals surface area (Å²) in [6.45, 7) is 1.34. The lowest BCUT2D eigenvalue weighted by Gasteiger charge is -2.33. The number of rotatable bonds is 4. The fraction of sp³-hybridized carbons (Fsp3) is 0.318. The van der Waals surface area contributed by atoms with Crippen LogP contribution in [0.25, 0.3) is 0 Å². The second-order valence-electron chi connectivity index (χ2n) is 7.34. The first-order valence-corrected chi connectivity index (χ1v) is 10.0. The van der Waals surface area contributed by atoms with Crippen molar-refractivity contribution in [3.63, 3.8) is 0 Å². The SMILES string of the molecule is COc1ccc(C2(C(=O)N3CCCN3C(=S)Nc3cccc(C#N)c3)CC2)cc1. The number of nitrogens with zero attached hydrogens (tertiary/aromatic N) is 3. The summed E-state index contributed by atoms with van der Waals surface area (Å²) < 4.78 is 5.24. The quantitative estimate of drug-likeness (QED) is 0.785. The molecule has 0 bridgehead atoms. The molecule has 2 aromatic rings. The summed E-state index contributed by atoms with van der Waals surface area (Å²) in [7, 11) is 1.63. The Kier molecular flexibility index (Phi) is 5.12. The number of ether oxygens (including phenoxy) is 1. The van der Waals surface area contributed by atoms with Gasteiger partial charge in [0.05, 0.1) is 24.2 Å². The molecule has 1 saturated heterocycles. The van der Waals surface area contributed by atoms with Crippen LogP contribution >= 0.6 is 12.2 Å². The number of hydrazine groups is 1. The van der Waals surface area contributed by atoms with E-state index in [1.165, 1.54) is 0 Å². The van der Waals surface area contributed by atoms with Crippen LogP contribution in [0.15, 0.2) is 48.5 Å². The largest absolute Gasteiger partial charge is 0.497 e. The first-order chi connectivity index (χ1) is 14.1. The summed E-state index contributed by atoms with van der Waals surface area (Å²) in [6, 6.07) is 17.0. The zero-order valence-corrected chi connectivity index (χ0v) is 17.0. The van der Waals surface area contributed by atoms with Crippen molar-refractivity contribution in [1.29, 1.82) is 5.26 Å². The number of hydrogen-bond acceptors (Lipinski definition) is 4. The Balaban J connectivity index is 1.50. The predicted molar refractivity (Wildman–Crippen MR) is 114 cm³/mol. The van der Waals surface area contributed by atoms with Crippen molar-refractivity contribution in [2.45, 2.75) is 24.7 Å². The van der Waals surface area contributed by atoms with E-state index in [9.17, 15) is 4.79 Å². The molecule has 1 saturated carbocycles. The monoisotopic (exact) mass is 406 g/mol. The van der Waals surface area contributed by atoms with Gasteiger partial charge in [0.1, 0.15) is 5.75 Å². The molecular weight excluding hydrogens is 384 g/mol. The maximum absolute atomic E-state index is 13.5. The average Bonchev–Trinajstić information content (AvgIpc) is 3.42. The van der Waals surface area contributed by atoms with Crippen molar-refractivity contribution in [1.82, 2.24) is 10.0 Å². The van der Waals surface area contributed by atoms with Crippen molar-refractivity contribution < 1.29 is 9.53 Å². The Morgan fingerprint density at radius 3 is 2.55 bits per heavy atom. The minimum Gasteiger partial charge on any atom is -0.497 e. The van der Waals surface area contributed by atoms with Gasteiger partial charge < -0.3 is 10.1 Å². The van der Waals surface area contributed by atoms with Crippen molar-refractivity contribution >= 4 is 28.9 Å². The number of benzene rings is 2. The van der Waals surface area contributed by atoms with Crippen LogP contribution in [-0.4, -0.2) is 41.2 Å². The Hall–Kier alpha value is -3.11. The number of carbonyl (C=O) groups is 1. The molecule has 6 nitrogen and oxygen atoms in total. The number of nitrogens with one attached hydrogen (secondary N) is 1. The van der Waals surface area contributed by atoms with E-state index in [0.29, 0.717) is 23.8 Å². The lowest BCUT2D eigenvalue weighted by molar-refractivity contribution is -0.141. The van der Waals surface area contributed by atoms with Crippen molar-refractivity contribution in [3.8, 4) is 11.8 Å². The van der Waals surface area contributed by atoms with Crippen molar-refractivity contribution in [2.75, 3.05) is 25.5 Å². The van der Waals surface area contributed by atoms with Gasteiger partial charge in [-0.1, -0.05) is 18.2 Å². The van der Waals surface area contributed by atoms with Crippen LogP contribution in [0.3, 0.4) is 0 Å². The number of hydrogen-bond donors (Lipinski definition) is 1. The van der Waals surface area contributed by atoms with Crippen LogP contribution in [0, 0.1) is 11.3 Å². The Labute approximate surface area is 175 Å². The zero-order chi connectivity index (χ0) is 20.4. The van der Waals surface area contributed by atoms with Gasteiger partial charge in [0.2, 0.25) is 0 Å². The fourth-order valence-corrected chi connectivity index (χ4v) is 4.10. The molecule has 0 radical (unpaired) electrons. The molecule has 2 aliphatic rings. The van der Waals surface area contributed by atoms with Crippen LogP contribution in [0.2, 0.25) is 0 Å². The Bertz CT molecular complexity index is 979. The second-order valence-corrected chi connectivity index (χ2v) is 7.73. The molecule has 2 fully saturated rings. The van der Waals surface area contributed by atoms with Gasteiger partial charge in [-0.3, -0.25) is 14.8 Å². The second kappa shape index (κ2) is 7.72. The smallest absolute Gasteiger partial charge is 0.251 e. The molecule has 2 aromatic carbocycles. The maximum Gasteiger partial charge on any atom is 0.251 e.